The Morgan fingerprint density at radius 1 is 1.52 bits per heavy atom. The van der Waals surface area contributed by atoms with Gasteiger partial charge in [-0.2, -0.15) is 0 Å². The molecule has 0 aliphatic rings. The molecule has 0 amide bonds. The molecule has 0 aliphatic carbocycles. The van der Waals surface area contributed by atoms with Crippen LogP contribution in [-0.2, 0) is 23.2 Å². The summed E-state index contributed by atoms with van der Waals surface area (Å²) < 4.78 is 1.65. The molecule has 0 radical (unpaired) electrons. The van der Waals surface area contributed by atoms with Crippen molar-refractivity contribution in [3.63, 3.8) is 0 Å². The van der Waals surface area contributed by atoms with Crippen molar-refractivity contribution in [1.29, 1.82) is 0 Å². The number of aromatic nitrogens is 4. The fraction of sp³-hybridized carbons (Fsp3) is 0.538. The zero-order valence-electron chi connectivity index (χ0n) is 12.3. The number of rotatable bonds is 5. The van der Waals surface area contributed by atoms with E-state index in [-0.39, 0.29) is 11.8 Å². The van der Waals surface area contributed by atoms with Crippen LogP contribution >= 0.6 is 11.3 Å². The molecule has 2 aromatic heterocycles. The van der Waals surface area contributed by atoms with E-state index in [1.807, 2.05) is 5.38 Å². The van der Waals surface area contributed by atoms with E-state index in [9.17, 15) is 4.79 Å². The minimum atomic E-state index is -1.04. The molecule has 0 fully saturated rings. The van der Waals surface area contributed by atoms with Crippen molar-refractivity contribution in [2.45, 2.75) is 45.2 Å². The van der Waals surface area contributed by atoms with E-state index in [0.717, 1.165) is 10.7 Å². The molecule has 0 spiro atoms. The molecule has 21 heavy (non-hydrogen) atoms. The molecule has 1 unspecified atom stereocenters. The van der Waals surface area contributed by atoms with Gasteiger partial charge in [-0.3, -0.25) is 4.79 Å². The lowest BCUT2D eigenvalue weighted by atomic mass is 9.93. The van der Waals surface area contributed by atoms with Crippen LogP contribution in [-0.4, -0.2) is 37.1 Å². The zero-order chi connectivity index (χ0) is 15.6. The fourth-order valence-corrected chi connectivity index (χ4v) is 2.70. The molecule has 0 aliphatic heterocycles. The van der Waals surface area contributed by atoms with Crippen LogP contribution in [0.4, 0.5) is 0 Å². The molecule has 1 atom stereocenters. The Morgan fingerprint density at radius 2 is 2.24 bits per heavy atom. The van der Waals surface area contributed by atoms with Crippen LogP contribution < -0.4 is 5.73 Å². The first-order valence-corrected chi connectivity index (χ1v) is 7.46. The van der Waals surface area contributed by atoms with E-state index in [0.29, 0.717) is 12.2 Å². The van der Waals surface area contributed by atoms with Crippen molar-refractivity contribution in [3.8, 4) is 0 Å². The van der Waals surface area contributed by atoms with Gasteiger partial charge in [0.15, 0.2) is 0 Å². The molecule has 7 nitrogen and oxygen atoms in total. The topological polar surface area (TPSA) is 107 Å². The van der Waals surface area contributed by atoms with E-state index in [4.69, 9.17) is 10.8 Å². The Labute approximate surface area is 126 Å². The average Bonchev–Trinajstić information content (AvgIpc) is 2.98. The molecular formula is C13H19N5O2S. The number of hydrogen-bond donors (Lipinski definition) is 2. The van der Waals surface area contributed by atoms with Gasteiger partial charge in [0.1, 0.15) is 11.0 Å². The van der Waals surface area contributed by atoms with Gasteiger partial charge in [0.25, 0.3) is 0 Å². The smallest absolute Gasteiger partial charge is 0.320 e. The van der Waals surface area contributed by atoms with Gasteiger partial charge in [-0.05, 0) is 0 Å². The number of carbonyl (C=O) groups is 1. The van der Waals surface area contributed by atoms with Gasteiger partial charge < -0.3 is 10.8 Å². The summed E-state index contributed by atoms with van der Waals surface area (Å²) in [6, 6.07) is -0.956. The maximum Gasteiger partial charge on any atom is 0.320 e. The largest absolute Gasteiger partial charge is 0.480 e. The first-order chi connectivity index (χ1) is 9.75. The average molecular weight is 309 g/mol. The fourth-order valence-electron chi connectivity index (χ4n) is 1.69. The van der Waals surface area contributed by atoms with Gasteiger partial charge >= 0.3 is 5.97 Å². The quantitative estimate of drug-likeness (QED) is 0.854. The Morgan fingerprint density at radius 3 is 2.81 bits per heavy atom. The van der Waals surface area contributed by atoms with Crippen LogP contribution in [0.5, 0.6) is 0 Å². The molecule has 2 heterocycles. The first-order valence-electron chi connectivity index (χ1n) is 6.58. The first kappa shape index (κ1) is 15.6. The summed E-state index contributed by atoms with van der Waals surface area (Å²) >= 11 is 1.58. The number of nitrogens with zero attached hydrogens (tertiary/aromatic N) is 4. The third kappa shape index (κ3) is 4.08. The monoisotopic (exact) mass is 309 g/mol. The van der Waals surface area contributed by atoms with Crippen LogP contribution in [0.15, 0.2) is 11.6 Å². The summed E-state index contributed by atoms with van der Waals surface area (Å²) in [5.41, 5.74) is 7.12. The highest BCUT2D eigenvalue weighted by Gasteiger charge is 2.18. The summed E-state index contributed by atoms with van der Waals surface area (Å²) in [7, 11) is 0. The summed E-state index contributed by atoms with van der Waals surface area (Å²) in [4.78, 5) is 15.3. The van der Waals surface area contributed by atoms with E-state index in [2.05, 4.69) is 36.1 Å². The maximum absolute atomic E-state index is 10.7. The lowest BCUT2D eigenvalue weighted by Gasteiger charge is -2.14. The summed E-state index contributed by atoms with van der Waals surface area (Å²) in [6.07, 6.45) is 1.88. The van der Waals surface area contributed by atoms with Crippen molar-refractivity contribution in [1.82, 2.24) is 20.0 Å². The molecule has 2 aromatic rings. The minimum Gasteiger partial charge on any atom is -0.480 e. The number of carboxylic acids is 1. The predicted molar refractivity (Wildman–Crippen MR) is 79.3 cm³/mol. The standard InChI is InChI=1S/C13H19N5O2S/c1-13(2,3)10-7-21-11(15-10)6-18-5-8(16-17-18)4-9(14)12(19)20/h5,7,9H,4,6,14H2,1-3H3,(H,19,20). The lowest BCUT2D eigenvalue weighted by molar-refractivity contribution is -0.138. The minimum absolute atomic E-state index is 0.0243. The number of carboxylic acid groups (broad SMARTS) is 1. The summed E-state index contributed by atoms with van der Waals surface area (Å²) in [5, 5.41) is 19.7. The van der Waals surface area contributed by atoms with Crippen molar-refractivity contribution >= 4 is 17.3 Å². The van der Waals surface area contributed by atoms with Crippen molar-refractivity contribution in [3.05, 3.63) is 28.0 Å². The molecule has 0 bridgehead atoms. The van der Waals surface area contributed by atoms with Gasteiger partial charge in [-0.25, -0.2) is 9.67 Å². The molecule has 114 valence electrons. The van der Waals surface area contributed by atoms with Crippen LogP contribution in [0.3, 0.4) is 0 Å². The third-order valence-corrected chi connectivity index (χ3v) is 3.78. The van der Waals surface area contributed by atoms with E-state index in [1.54, 1.807) is 22.2 Å². The van der Waals surface area contributed by atoms with Crippen LogP contribution in [0.2, 0.25) is 0 Å². The van der Waals surface area contributed by atoms with E-state index in [1.165, 1.54) is 0 Å². The molecule has 0 saturated heterocycles. The second-order valence-electron chi connectivity index (χ2n) is 5.93. The maximum atomic E-state index is 10.7. The number of thiazole rings is 1. The zero-order valence-corrected chi connectivity index (χ0v) is 13.1. The van der Waals surface area contributed by atoms with E-state index >= 15 is 0 Å². The summed E-state index contributed by atoms with van der Waals surface area (Å²) in [5.74, 6) is -1.04. The van der Waals surface area contributed by atoms with Gasteiger partial charge in [0, 0.05) is 23.4 Å². The van der Waals surface area contributed by atoms with Crippen molar-refractivity contribution in [2.24, 2.45) is 5.73 Å². The molecule has 0 aromatic carbocycles. The highest BCUT2D eigenvalue weighted by atomic mass is 32.1. The van der Waals surface area contributed by atoms with Gasteiger partial charge in [0.2, 0.25) is 0 Å². The lowest BCUT2D eigenvalue weighted by Crippen LogP contribution is -2.32. The molecule has 3 N–H and O–H groups in total. The summed E-state index contributed by atoms with van der Waals surface area (Å²) in [6.45, 7) is 6.88. The SMILES string of the molecule is CC(C)(C)c1csc(Cn2cc(CC(N)C(=O)O)nn2)n1. The normalized spacial score (nSPS) is 13.3. The van der Waals surface area contributed by atoms with Crippen LogP contribution in [0.1, 0.15) is 37.2 Å². The van der Waals surface area contributed by atoms with Crippen molar-refractivity contribution < 1.29 is 9.90 Å². The van der Waals surface area contributed by atoms with Crippen molar-refractivity contribution in [2.75, 3.05) is 0 Å². The van der Waals surface area contributed by atoms with Crippen LogP contribution in [0.25, 0.3) is 0 Å². The second-order valence-corrected chi connectivity index (χ2v) is 6.88. The molecular weight excluding hydrogens is 290 g/mol. The Balaban J connectivity index is 2.02. The van der Waals surface area contributed by atoms with Crippen LogP contribution in [0, 0.1) is 0 Å². The Bertz CT molecular complexity index is 629. The third-order valence-electron chi connectivity index (χ3n) is 2.95. The molecule has 8 heteroatoms. The predicted octanol–water partition coefficient (Wildman–Crippen LogP) is 1.03. The molecule has 0 saturated carbocycles. The Hall–Kier alpha value is -1.80. The van der Waals surface area contributed by atoms with Gasteiger partial charge in [0.05, 0.1) is 17.9 Å². The van der Waals surface area contributed by atoms with E-state index < -0.39 is 12.0 Å². The Kier molecular flexibility index (Phi) is 4.38. The molecule has 2 rings (SSSR count). The number of nitrogens with two attached hydrogens (primary N) is 1. The number of hydrogen-bond acceptors (Lipinski definition) is 6. The van der Waals surface area contributed by atoms with Gasteiger partial charge in [-0.1, -0.05) is 26.0 Å². The van der Waals surface area contributed by atoms with Gasteiger partial charge in [-0.15, -0.1) is 16.4 Å². The highest BCUT2D eigenvalue weighted by Crippen LogP contribution is 2.24. The highest BCUT2D eigenvalue weighted by molar-refractivity contribution is 7.09. The second kappa shape index (κ2) is 5.90. The number of aliphatic carboxylic acids is 1.